The minimum atomic E-state index is -0.314. The Morgan fingerprint density at radius 1 is 1.47 bits per heavy atom. The highest BCUT2D eigenvalue weighted by molar-refractivity contribution is 5.91. The van der Waals surface area contributed by atoms with Crippen LogP contribution in [0.5, 0.6) is 0 Å². The van der Waals surface area contributed by atoms with E-state index in [1.54, 1.807) is 4.90 Å². The second kappa shape index (κ2) is 4.18. The van der Waals surface area contributed by atoms with Gasteiger partial charge in [-0.1, -0.05) is 6.92 Å². The highest BCUT2D eigenvalue weighted by Crippen LogP contribution is 2.16. The second-order valence-electron chi connectivity index (χ2n) is 4.14. The number of carbonyl (C=O) groups excluding carboxylic acids is 2. The summed E-state index contributed by atoms with van der Waals surface area (Å²) in [6.45, 7) is 4.32. The Morgan fingerprint density at radius 3 is 2.67 bits per heavy atom. The number of morpholine rings is 1. The van der Waals surface area contributed by atoms with E-state index in [0.29, 0.717) is 32.7 Å². The van der Waals surface area contributed by atoms with Crippen molar-refractivity contribution < 1.29 is 14.3 Å². The van der Waals surface area contributed by atoms with Crippen LogP contribution in [0.2, 0.25) is 0 Å². The number of hydrogen-bond donors (Lipinski definition) is 1. The molecule has 2 rings (SSSR count). The smallest absolute Gasteiger partial charge is 0.245 e. The number of nitrogens with zero attached hydrogens (tertiary/aromatic N) is 1. The van der Waals surface area contributed by atoms with Gasteiger partial charge in [0.1, 0.15) is 6.04 Å². The van der Waals surface area contributed by atoms with Crippen LogP contribution >= 0.6 is 0 Å². The van der Waals surface area contributed by atoms with E-state index in [9.17, 15) is 9.59 Å². The Bertz CT molecular complexity index is 274. The maximum absolute atomic E-state index is 11.9. The number of ether oxygens (including phenoxy) is 1. The van der Waals surface area contributed by atoms with E-state index in [-0.39, 0.29) is 23.8 Å². The van der Waals surface area contributed by atoms with Gasteiger partial charge in [-0.25, -0.2) is 0 Å². The van der Waals surface area contributed by atoms with Crippen LogP contribution in [0.1, 0.15) is 13.3 Å². The van der Waals surface area contributed by atoms with Gasteiger partial charge in [-0.15, -0.1) is 0 Å². The van der Waals surface area contributed by atoms with Crippen LogP contribution in [-0.4, -0.2) is 49.1 Å². The maximum atomic E-state index is 11.9. The first-order chi connectivity index (χ1) is 7.18. The fourth-order valence-corrected chi connectivity index (χ4v) is 2.00. The summed E-state index contributed by atoms with van der Waals surface area (Å²) >= 11 is 0. The summed E-state index contributed by atoms with van der Waals surface area (Å²) in [4.78, 5) is 25.0. The summed E-state index contributed by atoms with van der Waals surface area (Å²) < 4.78 is 5.17. The molecule has 2 heterocycles. The molecule has 15 heavy (non-hydrogen) atoms. The monoisotopic (exact) mass is 212 g/mol. The van der Waals surface area contributed by atoms with Crippen molar-refractivity contribution >= 4 is 11.8 Å². The fourth-order valence-electron chi connectivity index (χ4n) is 2.00. The van der Waals surface area contributed by atoms with E-state index in [1.807, 2.05) is 6.92 Å². The van der Waals surface area contributed by atoms with Gasteiger partial charge < -0.3 is 15.0 Å². The van der Waals surface area contributed by atoms with Gasteiger partial charge in [-0.3, -0.25) is 9.59 Å². The van der Waals surface area contributed by atoms with Crippen molar-refractivity contribution in [3.05, 3.63) is 0 Å². The Labute approximate surface area is 88.8 Å². The van der Waals surface area contributed by atoms with Crippen LogP contribution in [-0.2, 0) is 14.3 Å². The summed E-state index contributed by atoms with van der Waals surface area (Å²) in [5, 5.41) is 2.73. The molecule has 0 aromatic heterocycles. The molecule has 0 aromatic rings. The van der Waals surface area contributed by atoms with E-state index in [1.165, 1.54) is 0 Å². The number of amides is 2. The standard InChI is InChI=1S/C10H16N2O3/c1-7-6-8(11-9(7)13)10(14)12-2-4-15-5-3-12/h7-8H,2-6H2,1H3,(H,11,13). The quantitative estimate of drug-likeness (QED) is 0.629. The van der Waals surface area contributed by atoms with Crippen molar-refractivity contribution in [2.24, 2.45) is 5.92 Å². The molecular weight excluding hydrogens is 196 g/mol. The highest BCUT2D eigenvalue weighted by atomic mass is 16.5. The van der Waals surface area contributed by atoms with E-state index in [4.69, 9.17) is 4.74 Å². The van der Waals surface area contributed by atoms with Crippen LogP contribution in [0, 0.1) is 5.92 Å². The molecule has 0 saturated carbocycles. The summed E-state index contributed by atoms with van der Waals surface area (Å²) in [6.07, 6.45) is 0.620. The molecule has 1 N–H and O–H groups in total. The molecule has 5 nitrogen and oxygen atoms in total. The van der Waals surface area contributed by atoms with E-state index < -0.39 is 0 Å². The van der Waals surface area contributed by atoms with Gasteiger partial charge >= 0.3 is 0 Å². The Hall–Kier alpha value is -1.10. The summed E-state index contributed by atoms with van der Waals surface area (Å²) in [5.74, 6) is -0.0161. The zero-order valence-corrected chi connectivity index (χ0v) is 8.86. The third-order valence-electron chi connectivity index (χ3n) is 2.97. The van der Waals surface area contributed by atoms with Gasteiger partial charge in [-0.2, -0.15) is 0 Å². The lowest BCUT2D eigenvalue weighted by molar-refractivity contribution is -0.138. The molecule has 0 aliphatic carbocycles. The Balaban J connectivity index is 1.93. The first-order valence-electron chi connectivity index (χ1n) is 5.35. The first-order valence-corrected chi connectivity index (χ1v) is 5.35. The van der Waals surface area contributed by atoms with Gasteiger partial charge in [0.15, 0.2) is 0 Å². The molecule has 2 amide bonds. The topological polar surface area (TPSA) is 58.6 Å². The number of rotatable bonds is 1. The van der Waals surface area contributed by atoms with Crippen molar-refractivity contribution in [2.45, 2.75) is 19.4 Å². The molecule has 2 atom stereocenters. The van der Waals surface area contributed by atoms with E-state index in [2.05, 4.69) is 5.32 Å². The van der Waals surface area contributed by atoms with Gasteiger partial charge in [0.2, 0.25) is 11.8 Å². The minimum absolute atomic E-state index is 0.0124. The van der Waals surface area contributed by atoms with Crippen LogP contribution < -0.4 is 5.32 Å². The fraction of sp³-hybridized carbons (Fsp3) is 0.800. The largest absolute Gasteiger partial charge is 0.378 e. The van der Waals surface area contributed by atoms with E-state index >= 15 is 0 Å². The molecule has 2 fully saturated rings. The second-order valence-corrected chi connectivity index (χ2v) is 4.14. The molecule has 0 aromatic carbocycles. The van der Waals surface area contributed by atoms with Gasteiger partial charge in [0.05, 0.1) is 13.2 Å². The van der Waals surface area contributed by atoms with Crippen molar-refractivity contribution in [3.63, 3.8) is 0 Å². The molecule has 2 saturated heterocycles. The molecular formula is C10H16N2O3. The van der Waals surface area contributed by atoms with Crippen molar-refractivity contribution in [2.75, 3.05) is 26.3 Å². The lowest BCUT2D eigenvalue weighted by Crippen LogP contribution is -2.48. The zero-order valence-electron chi connectivity index (χ0n) is 8.86. The van der Waals surface area contributed by atoms with Crippen molar-refractivity contribution in [1.82, 2.24) is 10.2 Å². The van der Waals surface area contributed by atoms with Crippen LogP contribution in [0.25, 0.3) is 0 Å². The average Bonchev–Trinajstić information content (AvgIpc) is 2.59. The number of carbonyl (C=O) groups is 2. The number of nitrogens with one attached hydrogen (secondary N) is 1. The summed E-state index contributed by atoms with van der Waals surface area (Å²) in [5.41, 5.74) is 0. The Kier molecular flexibility index (Phi) is 2.90. The predicted octanol–water partition coefficient (Wildman–Crippen LogP) is -0.630. The zero-order chi connectivity index (χ0) is 10.8. The summed E-state index contributed by atoms with van der Waals surface area (Å²) in [7, 11) is 0. The predicted molar refractivity (Wildman–Crippen MR) is 53.1 cm³/mol. The van der Waals surface area contributed by atoms with Crippen LogP contribution in [0.4, 0.5) is 0 Å². The van der Waals surface area contributed by atoms with Gasteiger partial charge in [0.25, 0.3) is 0 Å². The van der Waals surface area contributed by atoms with Gasteiger partial charge in [0, 0.05) is 19.0 Å². The van der Waals surface area contributed by atoms with Crippen LogP contribution in [0.15, 0.2) is 0 Å². The number of hydrogen-bond acceptors (Lipinski definition) is 3. The SMILES string of the molecule is CC1CC(C(=O)N2CCOCC2)NC1=O. The molecule has 84 valence electrons. The average molecular weight is 212 g/mol. The molecule has 0 bridgehead atoms. The molecule has 2 aliphatic heterocycles. The normalized spacial score (nSPS) is 31.5. The Morgan fingerprint density at radius 2 is 2.13 bits per heavy atom. The molecule has 2 aliphatic rings. The van der Waals surface area contributed by atoms with E-state index in [0.717, 1.165) is 0 Å². The lowest BCUT2D eigenvalue weighted by Gasteiger charge is -2.29. The lowest BCUT2D eigenvalue weighted by atomic mass is 10.1. The highest BCUT2D eigenvalue weighted by Gasteiger charge is 2.35. The summed E-state index contributed by atoms with van der Waals surface area (Å²) in [6, 6.07) is -0.314. The van der Waals surface area contributed by atoms with Crippen molar-refractivity contribution in [1.29, 1.82) is 0 Å². The molecule has 0 radical (unpaired) electrons. The first kappa shape index (κ1) is 10.4. The molecule has 2 unspecified atom stereocenters. The maximum Gasteiger partial charge on any atom is 0.245 e. The van der Waals surface area contributed by atoms with Gasteiger partial charge in [-0.05, 0) is 6.42 Å². The third-order valence-corrected chi connectivity index (χ3v) is 2.97. The minimum Gasteiger partial charge on any atom is -0.378 e. The van der Waals surface area contributed by atoms with Crippen LogP contribution in [0.3, 0.4) is 0 Å². The molecule has 0 spiro atoms. The third kappa shape index (κ3) is 2.12. The molecule has 5 heteroatoms. The van der Waals surface area contributed by atoms with Crippen molar-refractivity contribution in [3.8, 4) is 0 Å².